The van der Waals surface area contributed by atoms with E-state index in [0.29, 0.717) is 17.1 Å². The summed E-state index contributed by atoms with van der Waals surface area (Å²) in [6, 6.07) is 3.63. The summed E-state index contributed by atoms with van der Waals surface area (Å²) >= 11 is 5.54. The summed E-state index contributed by atoms with van der Waals surface area (Å²) in [5.41, 5.74) is -0.580. The average molecular weight is 277 g/mol. The lowest BCUT2D eigenvalue weighted by Crippen LogP contribution is -2.06. The highest BCUT2D eigenvalue weighted by atomic mass is 35.5. The summed E-state index contributed by atoms with van der Waals surface area (Å²) < 4.78 is 43.3. The van der Waals surface area contributed by atoms with Crippen LogP contribution in [0.1, 0.15) is 25.0 Å². The second-order valence-corrected chi connectivity index (χ2v) is 4.06. The van der Waals surface area contributed by atoms with Gasteiger partial charge < -0.3 is 4.74 Å². The first-order valence-corrected chi connectivity index (χ1v) is 5.50. The number of hydrogen-bond acceptors (Lipinski definition) is 1. The molecule has 0 aliphatic carbocycles. The maximum Gasteiger partial charge on any atom is 0.417 e. The van der Waals surface area contributed by atoms with Crippen LogP contribution in [0.5, 0.6) is 0 Å². The standard InChI is InChI=1S/C13H12ClF3O/c1-4-12(18-8(2)3)9-5-6-11(14)10(7-9)13(15,16)17/h4-7H,2H2,1,3H3/b12-4-. The molecule has 1 aromatic carbocycles. The fourth-order valence-electron chi connectivity index (χ4n) is 1.37. The maximum absolute atomic E-state index is 12.7. The van der Waals surface area contributed by atoms with Gasteiger partial charge in [0.15, 0.2) is 0 Å². The van der Waals surface area contributed by atoms with Crippen LogP contribution in [0.2, 0.25) is 5.02 Å². The highest BCUT2D eigenvalue weighted by Crippen LogP contribution is 2.36. The van der Waals surface area contributed by atoms with E-state index in [0.717, 1.165) is 6.07 Å². The molecule has 0 fully saturated rings. The Hall–Kier alpha value is -1.42. The topological polar surface area (TPSA) is 9.23 Å². The zero-order valence-electron chi connectivity index (χ0n) is 9.94. The van der Waals surface area contributed by atoms with E-state index in [1.54, 1.807) is 19.9 Å². The SMILES string of the molecule is C=C(C)O/C(=C\C)c1ccc(Cl)c(C(F)(F)F)c1. The molecule has 18 heavy (non-hydrogen) atoms. The van der Waals surface area contributed by atoms with E-state index >= 15 is 0 Å². The molecule has 0 N–H and O–H groups in total. The summed E-state index contributed by atoms with van der Waals surface area (Å²) in [5, 5.41) is -0.336. The van der Waals surface area contributed by atoms with Crippen LogP contribution in [0.4, 0.5) is 13.2 Å². The maximum atomic E-state index is 12.7. The van der Waals surface area contributed by atoms with Crippen LogP contribution >= 0.6 is 11.6 Å². The summed E-state index contributed by atoms with van der Waals surface area (Å²) in [6.45, 7) is 6.83. The second-order valence-electron chi connectivity index (χ2n) is 3.65. The quantitative estimate of drug-likeness (QED) is 0.683. The normalized spacial score (nSPS) is 12.4. The van der Waals surface area contributed by atoms with E-state index in [1.165, 1.54) is 12.1 Å². The summed E-state index contributed by atoms with van der Waals surface area (Å²) in [7, 11) is 0. The van der Waals surface area contributed by atoms with Crippen molar-refractivity contribution < 1.29 is 17.9 Å². The molecular formula is C13H12ClF3O. The predicted molar refractivity (Wildman–Crippen MR) is 66.0 cm³/mol. The third-order valence-corrected chi connectivity index (χ3v) is 2.43. The molecule has 0 aliphatic rings. The van der Waals surface area contributed by atoms with Crippen LogP contribution in [0.3, 0.4) is 0 Å². The minimum atomic E-state index is -4.49. The van der Waals surface area contributed by atoms with E-state index in [-0.39, 0.29) is 5.02 Å². The largest absolute Gasteiger partial charge is 0.462 e. The number of halogens is 4. The summed E-state index contributed by atoms with van der Waals surface area (Å²) in [5.74, 6) is 0.705. The highest BCUT2D eigenvalue weighted by molar-refractivity contribution is 6.31. The first-order chi connectivity index (χ1) is 8.25. The molecule has 0 saturated heterocycles. The van der Waals surface area contributed by atoms with Crippen molar-refractivity contribution in [1.82, 2.24) is 0 Å². The Morgan fingerprint density at radius 3 is 2.44 bits per heavy atom. The number of rotatable bonds is 3. The van der Waals surface area contributed by atoms with Crippen molar-refractivity contribution in [2.24, 2.45) is 0 Å². The van der Waals surface area contributed by atoms with Gasteiger partial charge in [0.05, 0.1) is 16.3 Å². The molecule has 0 aromatic heterocycles. The molecule has 1 aromatic rings. The van der Waals surface area contributed by atoms with Gasteiger partial charge in [-0.05, 0) is 38.1 Å². The molecule has 0 radical (unpaired) electrons. The van der Waals surface area contributed by atoms with Gasteiger partial charge in [-0.2, -0.15) is 13.2 Å². The van der Waals surface area contributed by atoms with Crippen LogP contribution in [-0.4, -0.2) is 0 Å². The van der Waals surface area contributed by atoms with Gasteiger partial charge in [-0.1, -0.05) is 18.2 Å². The van der Waals surface area contributed by atoms with Crippen molar-refractivity contribution >= 4 is 17.4 Å². The van der Waals surface area contributed by atoms with Gasteiger partial charge in [-0.25, -0.2) is 0 Å². The van der Waals surface area contributed by atoms with Gasteiger partial charge in [0.25, 0.3) is 0 Å². The predicted octanol–water partition coefficient (Wildman–Crippen LogP) is 5.27. The molecule has 0 atom stereocenters. The molecule has 0 aliphatic heterocycles. The Labute approximate surface area is 109 Å². The molecule has 0 saturated carbocycles. The van der Waals surface area contributed by atoms with E-state index < -0.39 is 11.7 Å². The third-order valence-electron chi connectivity index (χ3n) is 2.10. The summed E-state index contributed by atoms with van der Waals surface area (Å²) in [6.07, 6.45) is -2.92. The lowest BCUT2D eigenvalue weighted by Gasteiger charge is -2.13. The molecule has 0 unspecified atom stereocenters. The zero-order chi connectivity index (χ0) is 13.9. The Kier molecular flexibility index (Phi) is 4.46. The Morgan fingerprint density at radius 2 is 2.00 bits per heavy atom. The third kappa shape index (κ3) is 3.53. The van der Waals surface area contributed by atoms with Gasteiger partial charge in [-0.3, -0.25) is 0 Å². The van der Waals surface area contributed by atoms with Gasteiger partial charge in [0.1, 0.15) is 5.76 Å². The first-order valence-electron chi connectivity index (χ1n) is 5.12. The van der Waals surface area contributed by atoms with Crippen LogP contribution in [0, 0.1) is 0 Å². The minimum absolute atomic E-state index is 0.303. The molecular weight excluding hydrogens is 265 g/mol. The average Bonchev–Trinajstić information content (AvgIpc) is 2.25. The molecule has 0 bridgehead atoms. The van der Waals surface area contributed by atoms with E-state index in [4.69, 9.17) is 16.3 Å². The number of benzene rings is 1. The van der Waals surface area contributed by atoms with Crippen LogP contribution in [0.25, 0.3) is 5.76 Å². The van der Waals surface area contributed by atoms with Crippen molar-refractivity contribution in [2.75, 3.05) is 0 Å². The van der Waals surface area contributed by atoms with E-state index in [1.807, 2.05) is 0 Å². The van der Waals surface area contributed by atoms with Crippen molar-refractivity contribution in [3.63, 3.8) is 0 Å². The molecule has 5 heteroatoms. The summed E-state index contributed by atoms with van der Waals surface area (Å²) in [4.78, 5) is 0. The molecule has 0 spiro atoms. The number of allylic oxidation sites excluding steroid dienone is 2. The molecule has 0 heterocycles. The lowest BCUT2D eigenvalue weighted by atomic mass is 10.1. The Balaban J connectivity index is 3.23. The van der Waals surface area contributed by atoms with Crippen LogP contribution in [0.15, 0.2) is 36.6 Å². The van der Waals surface area contributed by atoms with Crippen molar-refractivity contribution in [3.05, 3.63) is 52.8 Å². The molecule has 0 amide bonds. The molecule has 1 rings (SSSR count). The smallest absolute Gasteiger partial charge is 0.417 e. The number of ether oxygens (including phenoxy) is 1. The van der Waals surface area contributed by atoms with Gasteiger partial charge in [-0.15, -0.1) is 0 Å². The monoisotopic (exact) mass is 276 g/mol. The zero-order valence-corrected chi connectivity index (χ0v) is 10.7. The molecule has 1 nitrogen and oxygen atoms in total. The van der Waals surface area contributed by atoms with Crippen molar-refractivity contribution in [3.8, 4) is 0 Å². The highest BCUT2D eigenvalue weighted by Gasteiger charge is 2.33. The second kappa shape index (κ2) is 5.48. The van der Waals surface area contributed by atoms with Crippen molar-refractivity contribution in [2.45, 2.75) is 20.0 Å². The Morgan fingerprint density at radius 1 is 1.39 bits per heavy atom. The fraction of sp³-hybridized carbons (Fsp3) is 0.231. The van der Waals surface area contributed by atoms with Gasteiger partial charge in [0, 0.05) is 5.56 Å². The van der Waals surface area contributed by atoms with Crippen LogP contribution < -0.4 is 0 Å². The lowest BCUT2D eigenvalue weighted by molar-refractivity contribution is -0.137. The van der Waals surface area contributed by atoms with Gasteiger partial charge >= 0.3 is 6.18 Å². The Bertz CT molecular complexity index is 489. The van der Waals surface area contributed by atoms with E-state index in [9.17, 15) is 13.2 Å². The van der Waals surface area contributed by atoms with Crippen molar-refractivity contribution in [1.29, 1.82) is 0 Å². The van der Waals surface area contributed by atoms with Gasteiger partial charge in [0.2, 0.25) is 0 Å². The molecule has 98 valence electrons. The number of alkyl halides is 3. The van der Waals surface area contributed by atoms with E-state index in [2.05, 4.69) is 6.58 Å². The minimum Gasteiger partial charge on any atom is -0.462 e. The fourth-order valence-corrected chi connectivity index (χ4v) is 1.59. The van der Waals surface area contributed by atoms with Crippen LogP contribution in [-0.2, 0) is 10.9 Å². The number of hydrogen-bond donors (Lipinski definition) is 0. The first kappa shape index (κ1) is 14.6.